The molecule has 0 aliphatic carbocycles. The standard InChI is InChI=1S/C13H27N3O2/c1-2-4-12(11-14)13(17)15-5-3-6-16-7-9-18-10-8-16/h12H,2-11,14H2,1H3,(H,15,17). The first-order valence-electron chi connectivity index (χ1n) is 7.05. The van der Waals surface area contributed by atoms with Gasteiger partial charge in [0, 0.05) is 26.2 Å². The molecule has 0 spiro atoms. The van der Waals surface area contributed by atoms with Gasteiger partial charge in [0.15, 0.2) is 0 Å². The van der Waals surface area contributed by atoms with Crippen molar-refractivity contribution in [2.45, 2.75) is 26.2 Å². The predicted molar refractivity (Wildman–Crippen MR) is 72.3 cm³/mol. The largest absolute Gasteiger partial charge is 0.379 e. The van der Waals surface area contributed by atoms with E-state index in [1.165, 1.54) is 0 Å². The summed E-state index contributed by atoms with van der Waals surface area (Å²) in [5.74, 6) is 0.0970. The third-order valence-electron chi connectivity index (χ3n) is 3.35. The van der Waals surface area contributed by atoms with Crippen LogP contribution in [0.2, 0.25) is 0 Å². The molecule has 1 unspecified atom stereocenters. The van der Waals surface area contributed by atoms with Gasteiger partial charge in [0.1, 0.15) is 0 Å². The van der Waals surface area contributed by atoms with Gasteiger partial charge in [0.05, 0.1) is 19.1 Å². The zero-order valence-corrected chi connectivity index (χ0v) is 11.5. The Kier molecular flexibility index (Phi) is 7.96. The molecule has 5 heteroatoms. The maximum Gasteiger partial charge on any atom is 0.224 e. The van der Waals surface area contributed by atoms with Crippen molar-refractivity contribution in [1.82, 2.24) is 10.2 Å². The highest BCUT2D eigenvalue weighted by atomic mass is 16.5. The van der Waals surface area contributed by atoms with E-state index in [0.717, 1.165) is 58.7 Å². The van der Waals surface area contributed by atoms with Crippen molar-refractivity contribution in [3.8, 4) is 0 Å². The highest BCUT2D eigenvalue weighted by Gasteiger charge is 2.15. The molecular weight excluding hydrogens is 230 g/mol. The van der Waals surface area contributed by atoms with Gasteiger partial charge in [-0.2, -0.15) is 0 Å². The van der Waals surface area contributed by atoms with Crippen LogP contribution < -0.4 is 11.1 Å². The van der Waals surface area contributed by atoms with Gasteiger partial charge >= 0.3 is 0 Å². The molecule has 0 aromatic heterocycles. The number of ether oxygens (including phenoxy) is 1. The molecule has 1 fully saturated rings. The van der Waals surface area contributed by atoms with Gasteiger partial charge in [-0.3, -0.25) is 9.69 Å². The fourth-order valence-electron chi connectivity index (χ4n) is 2.19. The molecule has 0 aromatic rings. The van der Waals surface area contributed by atoms with Gasteiger partial charge < -0.3 is 15.8 Å². The first kappa shape index (κ1) is 15.4. The van der Waals surface area contributed by atoms with Crippen molar-refractivity contribution in [3.63, 3.8) is 0 Å². The highest BCUT2D eigenvalue weighted by molar-refractivity contribution is 5.78. The summed E-state index contributed by atoms with van der Waals surface area (Å²) in [6.45, 7) is 7.99. The van der Waals surface area contributed by atoms with Crippen LogP contribution in [-0.2, 0) is 9.53 Å². The highest BCUT2D eigenvalue weighted by Crippen LogP contribution is 2.04. The Morgan fingerprint density at radius 3 is 2.78 bits per heavy atom. The van der Waals surface area contributed by atoms with E-state index in [1.54, 1.807) is 0 Å². The minimum absolute atomic E-state index is 0.0154. The molecule has 1 amide bonds. The van der Waals surface area contributed by atoms with Gasteiger partial charge in [0.2, 0.25) is 5.91 Å². The number of nitrogens with one attached hydrogen (secondary N) is 1. The lowest BCUT2D eigenvalue weighted by molar-refractivity contribution is -0.124. The van der Waals surface area contributed by atoms with Crippen molar-refractivity contribution in [1.29, 1.82) is 0 Å². The molecular formula is C13H27N3O2. The summed E-state index contributed by atoms with van der Waals surface area (Å²) < 4.78 is 5.29. The Bertz CT molecular complexity index is 230. The van der Waals surface area contributed by atoms with Gasteiger partial charge in [-0.05, 0) is 19.4 Å². The summed E-state index contributed by atoms with van der Waals surface area (Å²) in [5.41, 5.74) is 5.60. The van der Waals surface area contributed by atoms with Gasteiger partial charge in [-0.15, -0.1) is 0 Å². The van der Waals surface area contributed by atoms with E-state index < -0.39 is 0 Å². The van der Waals surface area contributed by atoms with E-state index in [1.807, 2.05) is 0 Å². The number of carbonyl (C=O) groups excluding carboxylic acids is 1. The molecule has 0 radical (unpaired) electrons. The van der Waals surface area contributed by atoms with Crippen molar-refractivity contribution in [2.75, 3.05) is 45.9 Å². The normalized spacial score (nSPS) is 18.6. The summed E-state index contributed by atoms with van der Waals surface area (Å²) in [6.07, 6.45) is 2.88. The van der Waals surface area contributed by atoms with Gasteiger partial charge in [-0.1, -0.05) is 13.3 Å². The van der Waals surface area contributed by atoms with Crippen LogP contribution in [0.15, 0.2) is 0 Å². The SMILES string of the molecule is CCCC(CN)C(=O)NCCCN1CCOCC1. The summed E-state index contributed by atoms with van der Waals surface area (Å²) in [7, 11) is 0. The average molecular weight is 257 g/mol. The molecule has 1 aliphatic heterocycles. The zero-order chi connectivity index (χ0) is 13.2. The second-order valence-corrected chi connectivity index (χ2v) is 4.82. The number of nitrogens with two attached hydrogens (primary N) is 1. The van der Waals surface area contributed by atoms with Crippen LogP contribution in [-0.4, -0.2) is 56.7 Å². The number of rotatable bonds is 8. The third kappa shape index (κ3) is 5.80. The van der Waals surface area contributed by atoms with Crippen LogP contribution in [0.4, 0.5) is 0 Å². The average Bonchev–Trinajstić information content (AvgIpc) is 2.42. The molecule has 0 bridgehead atoms. The van der Waals surface area contributed by atoms with Crippen molar-refractivity contribution >= 4 is 5.91 Å². The summed E-state index contributed by atoms with van der Waals surface area (Å²) in [6, 6.07) is 0. The Labute approximate surface area is 110 Å². The predicted octanol–water partition coefficient (Wildman–Crippen LogP) is 0.200. The van der Waals surface area contributed by atoms with E-state index in [9.17, 15) is 4.79 Å². The molecule has 5 nitrogen and oxygen atoms in total. The van der Waals surface area contributed by atoms with Crippen LogP contribution in [0.1, 0.15) is 26.2 Å². The van der Waals surface area contributed by atoms with Crippen molar-refractivity contribution in [2.24, 2.45) is 11.7 Å². The molecule has 1 heterocycles. The van der Waals surface area contributed by atoms with Gasteiger partial charge in [-0.25, -0.2) is 0 Å². The summed E-state index contributed by atoms with van der Waals surface area (Å²) >= 11 is 0. The molecule has 0 aromatic carbocycles. The molecule has 1 aliphatic rings. The molecule has 106 valence electrons. The lowest BCUT2D eigenvalue weighted by Gasteiger charge is -2.26. The molecule has 3 N–H and O–H groups in total. The minimum Gasteiger partial charge on any atom is -0.379 e. The van der Waals surface area contributed by atoms with Crippen LogP contribution in [0.25, 0.3) is 0 Å². The molecule has 0 saturated carbocycles. The smallest absolute Gasteiger partial charge is 0.224 e. The van der Waals surface area contributed by atoms with Gasteiger partial charge in [0.25, 0.3) is 0 Å². The maximum atomic E-state index is 11.8. The van der Waals surface area contributed by atoms with E-state index >= 15 is 0 Å². The number of hydrogen-bond donors (Lipinski definition) is 2. The third-order valence-corrected chi connectivity index (χ3v) is 3.35. The Morgan fingerprint density at radius 1 is 1.44 bits per heavy atom. The van der Waals surface area contributed by atoms with Crippen LogP contribution in [0.5, 0.6) is 0 Å². The van der Waals surface area contributed by atoms with E-state index in [0.29, 0.717) is 6.54 Å². The van der Waals surface area contributed by atoms with Crippen LogP contribution in [0.3, 0.4) is 0 Å². The quantitative estimate of drug-likeness (QED) is 0.610. The van der Waals surface area contributed by atoms with Crippen molar-refractivity contribution < 1.29 is 9.53 Å². The van der Waals surface area contributed by atoms with E-state index in [4.69, 9.17) is 10.5 Å². The first-order chi connectivity index (χ1) is 8.77. The lowest BCUT2D eigenvalue weighted by atomic mass is 10.0. The number of carbonyl (C=O) groups is 1. The topological polar surface area (TPSA) is 67.6 Å². The molecule has 18 heavy (non-hydrogen) atoms. The van der Waals surface area contributed by atoms with Crippen LogP contribution in [0, 0.1) is 5.92 Å². The summed E-state index contributed by atoms with van der Waals surface area (Å²) in [5, 5.41) is 2.98. The Morgan fingerprint density at radius 2 is 2.17 bits per heavy atom. The van der Waals surface area contributed by atoms with E-state index in [-0.39, 0.29) is 11.8 Å². The monoisotopic (exact) mass is 257 g/mol. The second kappa shape index (κ2) is 9.30. The maximum absolute atomic E-state index is 11.8. The fourth-order valence-corrected chi connectivity index (χ4v) is 2.19. The molecule has 1 atom stereocenters. The first-order valence-corrected chi connectivity index (χ1v) is 7.05. The molecule has 1 saturated heterocycles. The number of amides is 1. The number of hydrogen-bond acceptors (Lipinski definition) is 4. The minimum atomic E-state index is -0.0154. The number of morpholine rings is 1. The lowest BCUT2D eigenvalue weighted by Crippen LogP contribution is -2.39. The van der Waals surface area contributed by atoms with Crippen molar-refractivity contribution in [3.05, 3.63) is 0 Å². The second-order valence-electron chi connectivity index (χ2n) is 4.82. The fraction of sp³-hybridized carbons (Fsp3) is 0.923. The Hall–Kier alpha value is -0.650. The molecule has 1 rings (SSSR count). The number of nitrogens with zero attached hydrogens (tertiary/aromatic N) is 1. The van der Waals surface area contributed by atoms with Crippen LogP contribution >= 0.6 is 0 Å². The zero-order valence-electron chi connectivity index (χ0n) is 11.5. The van der Waals surface area contributed by atoms with E-state index in [2.05, 4.69) is 17.1 Å². The summed E-state index contributed by atoms with van der Waals surface area (Å²) in [4.78, 5) is 14.2. The Balaban J connectivity index is 2.07.